The lowest BCUT2D eigenvalue weighted by molar-refractivity contribution is 0.197. The number of aryl methyl sites for hydroxylation is 1. The van der Waals surface area contributed by atoms with Crippen molar-refractivity contribution in [2.75, 3.05) is 6.54 Å². The average Bonchev–Trinajstić information content (AvgIpc) is 3.28. The van der Waals surface area contributed by atoms with Gasteiger partial charge in [-0.25, -0.2) is 4.98 Å². The Bertz CT molecular complexity index is 1050. The van der Waals surface area contributed by atoms with Crippen LogP contribution in [-0.2, 0) is 13.0 Å². The van der Waals surface area contributed by atoms with Crippen molar-refractivity contribution in [1.29, 1.82) is 0 Å². The highest BCUT2D eigenvalue weighted by Gasteiger charge is 2.32. The summed E-state index contributed by atoms with van der Waals surface area (Å²) in [5.41, 5.74) is 6.65. The predicted octanol–water partition coefficient (Wildman–Crippen LogP) is 4.35. The van der Waals surface area contributed by atoms with Gasteiger partial charge in [-0.05, 0) is 30.5 Å². The zero-order chi connectivity index (χ0) is 17.5. The molecule has 0 saturated carbocycles. The Kier molecular flexibility index (Phi) is 3.64. The van der Waals surface area contributed by atoms with E-state index in [2.05, 4.69) is 75.3 Å². The van der Waals surface area contributed by atoms with Crippen LogP contribution in [-0.4, -0.2) is 26.4 Å². The van der Waals surface area contributed by atoms with Crippen molar-refractivity contribution in [2.45, 2.75) is 25.9 Å². The molecule has 1 aliphatic rings. The molecule has 2 aromatic carbocycles. The first kappa shape index (κ1) is 15.4. The zero-order valence-electron chi connectivity index (χ0n) is 14.9. The Morgan fingerprint density at radius 2 is 2.08 bits per heavy atom. The van der Waals surface area contributed by atoms with E-state index >= 15 is 0 Å². The van der Waals surface area contributed by atoms with Gasteiger partial charge in [0.15, 0.2) is 0 Å². The SMILES string of the molecule is Cc1cccc(C2c3[nH]c4ccccc4c3CCN2Cc2ncc[nH]2)c1. The molecule has 2 aromatic heterocycles. The maximum absolute atomic E-state index is 4.45. The maximum Gasteiger partial charge on any atom is 0.120 e. The largest absolute Gasteiger partial charge is 0.357 e. The quantitative estimate of drug-likeness (QED) is 0.581. The third kappa shape index (κ3) is 2.54. The number of nitrogens with one attached hydrogen (secondary N) is 2. The number of imidazole rings is 1. The van der Waals surface area contributed by atoms with Crippen LogP contribution in [0.5, 0.6) is 0 Å². The molecule has 26 heavy (non-hydrogen) atoms. The van der Waals surface area contributed by atoms with E-state index in [1.165, 1.54) is 33.3 Å². The van der Waals surface area contributed by atoms with Gasteiger partial charge in [0.25, 0.3) is 0 Å². The molecule has 0 aliphatic carbocycles. The topological polar surface area (TPSA) is 47.7 Å². The summed E-state index contributed by atoms with van der Waals surface area (Å²) in [4.78, 5) is 13.9. The highest BCUT2D eigenvalue weighted by atomic mass is 15.2. The summed E-state index contributed by atoms with van der Waals surface area (Å²) in [5.74, 6) is 1.02. The molecule has 1 unspecified atom stereocenters. The van der Waals surface area contributed by atoms with E-state index in [4.69, 9.17) is 0 Å². The Morgan fingerprint density at radius 3 is 2.92 bits per heavy atom. The van der Waals surface area contributed by atoms with Gasteiger partial charge in [-0.2, -0.15) is 0 Å². The molecule has 0 spiro atoms. The molecule has 4 heteroatoms. The average molecular weight is 342 g/mol. The number of hydrogen-bond acceptors (Lipinski definition) is 2. The van der Waals surface area contributed by atoms with Crippen LogP contribution in [0.2, 0.25) is 0 Å². The summed E-state index contributed by atoms with van der Waals surface area (Å²) >= 11 is 0. The highest BCUT2D eigenvalue weighted by molar-refractivity contribution is 5.85. The van der Waals surface area contributed by atoms with Gasteiger partial charge in [-0.3, -0.25) is 4.90 Å². The number of benzene rings is 2. The second-order valence-corrected chi connectivity index (χ2v) is 7.14. The summed E-state index contributed by atoms with van der Waals surface area (Å²) in [6.45, 7) is 4.00. The van der Waals surface area contributed by atoms with E-state index in [1.807, 2.05) is 12.4 Å². The van der Waals surface area contributed by atoms with Gasteiger partial charge in [0.05, 0.1) is 12.6 Å². The fourth-order valence-electron chi connectivity index (χ4n) is 4.26. The summed E-state index contributed by atoms with van der Waals surface area (Å²) in [5, 5.41) is 1.36. The summed E-state index contributed by atoms with van der Waals surface area (Å²) in [7, 11) is 0. The minimum Gasteiger partial charge on any atom is -0.357 e. The van der Waals surface area contributed by atoms with E-state index in [-0.39, 0.29) is 6.04 Å². The van der Waals surface area contributed by atoms with Crippen LogP contribution in [0, 0.1) is 6.92 Å². The fourth-order valence-corrected chi connectivity index (χ4v) is 4.26. The van der Waals surface area contributed by atoms with Crippen molar-refractivity contribution >= 4 is 10.9 Å². The number of H-pyrrole nitrogens is 2. The van der Waals surface area contributed by atoms with E-state index in [0.717, 1.165) is 25.3 Å². The van der Waals surface area contributed by atoms with Gasteiger partial charge in [0.2, 0.25) is 0 Å². The van der Waals surface area contributed by atoms with E-state index in [0.29, 0.717) is 0 Å². The van der Waals surface area contributed by atoms with Gasteiger partial charge in [-0.15, -0.1) is 0 Å². The molecule has 1 aliphatic heterocycles. The molecular weight excluding hydrogens is 320 g/mol. The normalized spacial score (nSPS) is 17.5. The fraction of sp³-hybridized carbons (Fsp3) is 0.227. The van der Waals surface area contributed by atoms with Gasteiger partial charge in [-0.1, -0.05) is 48.0 Å². The highest BCUT2D eigenvalue weighted by Crippen LogP contribution is 2.39. The van der Waals surface area contributed by atoms with Crippen molar-refractivity contribution in [3.63, 3.8) is 0 Å². The Morgan fingerprint density at radius 1 is 1.15 bits per heavy atom. The van der Waals surface area contributed by atoms with Gasteiger partial charge >= 0.3 is 0 Å². The van der Waals surface area contributed by atoms with Crippen LogP contribution in [0.25, 0.3) is 10.9 Å². The number of nitrogens with zero attached hydrogens (tertiary/aromatic N) is 2. The molecule has 3 heterocycles. The van der Waals surface area contributed by atoms with Crippen LogP contribution < -0.4 is 0 Å². The van der Waals surface area contributed by atoms with Crippen LogP contribution in [0.3, 0.4) is 0 Å². The number of hydrogen-bond donors (Lipinski definition) is 2. The molecule has 2 N–H and O–H groups in total. The van der Waals surface area contributed by atoms with E-state index < -0.39 is 0 Å². The maximum atomic E-state index is 4.45. The molecule has 0 fully saturated rings. The van der Waals surface area contributed by atoms with E-state index in [1.54, 1.807) is 0 Å². The smallest absolute Gasteiger partial charge is 0.120 e. The first-order valence-electron chi connectivity index (χ1n) is 9.18. The number of rotatable bonds is 3. The van der Waals surface area contributed by atoms with Crippen molar-refractivity contribution in [3.8, 4) is 0 Å². The minimum atomic E-state index is 0.219. The molecule has 0 saturated heterocycles. The summed E-state index contributed by atoms with van der Waals surface area (Å²) < 4.78 is 0. The molecule has 130 valence electrons. The number of aromatic nitrogens is 3. The lowest BCUT2D eigenvalue weighted by Crippen LogP contribution is -2.36. The standard InChI is InChI=1S/C22H22N4/c1-15-5-4-6-16(13-15)22-21-18(17-7-2-3-8-19(17)25-21)9-12-26(22)14-20-23-10-11-24-20/h2-8,10-11,13,22,25H,9,12,14H2,1H3,(H,23,24). The van der Waals surface area contributed by atoms with Crippen LogP contribution in [0.15, 0.2) is 60.9 Å². The van der Waals surface area contributed by atoms with Crippen LogP contribution in [0.4, 0.5) is 0 Å². The molecule has 4 nitrogen and oxygen atoms in total. The van der Waals surface area contributed by atoms with Crippen LogP contribution >= 0.6 is 0 Å². The molecule has 4 aromatic rings. The second kappa shape index (κ2) is 6.15. The van der Waals surface area contributed by atoms with Crippen molar-refractivity contribution in [1.82, 2.24) is 19.9 Å². The number of para-hydroxylation sites is 1. The third-order valence-corrected chi connectivity index (χ3v) is 5.40. The number of aromatic amines is 2. The lowest BCUT2D eigenvalue weighted by Gasteiger charge is -2.35. The van der Waals surface area contributed by atoms with Gasteiger partial charge in [0.1, 0.15) is 5.82 Å². The Hall–Kier alpha value is -2.85. The van der Waals surface area contributed by atoms with Gasteiger partial charge < -0.3 is 9.97 Å². The van der Waals surface area contributed by atoms with Crippen molar-refractivity contribution < 1.29 is 0 Å². The van der Waals surface area contributed by atoms with E-state index in [9.17, 15) is 0 Å². The molecule has 5 rings (SSSR count). The third-order valence-electron chi connectivity index (χ3n) is 5.40. The molecule has 0 bridgehead atoms. The van der Waals surface area contributed by atoms with Crippen LogP contribution in [0.1, 0.15) is 34.3 Å². The first-order chi connectivity index (χ1) is 12.8. The summed E-state index contributed by atoms with van der Waals surface area (Å²) in [6.07, 6.45) is 4.78. The van der Waals surface area contributed by atoms with Gasteiger partial charge in [0, 0.05) is 35.5 Å². The predicted molar refractivity (Wildman–Crippen MR) is 104 cm³/mol. The monoisotopic (exact) mass is 342 g/mol. The lowest BCUT2D eigenvalue weighted by atomic mass is 9.91. The summed E-state index contributed by atoms with van der Waals surface area (Å²) in [6, 6.07) is 17.7. The van der Waals surface area contributed by atoms with Crippen molar-refractivity contribution in [3.05, 3.63) is 89.1 Å². The second-order valence-electron chi connectivity index (χ2n) is 7.14. The molecular formula is C22H22N4. The molecule has 0 amide bonds. The number of fused-ring (bicyclic) bond motifs is 3. The van der Waals surface area contributed by atoms with Crippen molar-refractivity contribution in [2.24, 2.45) is 0 Å². The zero-order valence-corrected chi connectivity index (χ0v) is 14.9. The minimum absolute atomic E-state index is 0.219. The Balaban J connectivity index is 1.65. The Labute approximate surface area is 152 Å². The molecule has 0 radical (unpaired) electrons. The molecule has 1 atom stereocenters. The first-order valence-corrected chi connectivity index (χ1v) is 9.18.